The van der Waals surface area contributed by atoms with Crippen LogP contribution in [-0.2, 0) is 0 Å². The van der Waals surface area contributed by atoms with E-state index in [2.05, 4.69) is 60.4 Å². The summed E-state index contributed by atoms with van der Waals surface area (Å²) < 4.78 is 0. The number of hydrogen-bond acceptors (Lipinski definition) is 2. The summed E-state index contributed by atoms with van der Waals surface area (Å²) in [6.07, 6.45) is 1.80. The van der Waals surface area contributed by atoms with E-state index in [0.29, 0.717) is 0 Å². The van der Waals surface area contributed by atoms with Gasteiger partial charge in [0.15, 0.2) is 0 Å². The van der Waals surface area contributed by atoms with E-state index >= 15 is 0 Å². The Morgan fingerprint density at radius 2 is 1.57 bits per heavy atom. The number of rotatable bonds is 2. The van der Waals surface area contributed by atoms with Gasteiger partial charge in [0, 0.05) is 11.6 Å². The number of hydrogen-bond donors (Lipinski definition) is 0. The topological polar surface area (TPSA) is 25.8 Å². The Hall–Kier alpha value is -3.00. The average Bonchev–Trinajstić information content (AvgIpc) is 2.62. The molecule has 0 fully saturated rings. The molecule has 2 heteroatoms. The summed E-state index contributed by atoms with van der Waals surface area (Å²) in [6, 6.07) is 24.9. The molecule has 4 rings (SSSR count). The SMILES string of the molecule is Cc1ccc(-c2cccc3nc(-c4ccccn4)ccc23)cc1. The predicted molar refractivity (Wildman–Crippen MR) is 95.1 cm³/mol. The van der Waals surface area contributed by atoms with Crippen molar-refractivity contribution < 1.29 is 0 Å². The van der Waals surface area contributed by atoms with Gasteiger partial charge in [0.1, 0.15) is 0 Å². The van der Waals surface area contributed by atoms with E-state index in [0.717, 1.165) is 22.3 Å². The monoisotopic (exact) mass is 296 g/mol. The van der Waals surface area contributed by atoms with E-state index in [1.165, 1.54) is 16.7 Å². The van der Waals surface area contributed by atoms with Crippen molar-refractivity contribution in [3.8, 4) is 22.5 Å². The zero-order chi connectivity index (χ0) is 15.6. The first-order chi connectivity index (χ1) is 11.3. The van der Waals surface area contributed by atoms with Crippen LogP contribution in [0.4, 0.5) is 0 Å². The van der Waals surface area contributed by atoms with Gasteiger partial charge in [0.2, 0.25) is 0 Å². The van der Waals surface area contributed by atoms with Crippen molar-refractivity contribution in [1.82, 2.24) is 9.97 Å². The molecule has 0 atom stereocenters. The number of nitrogens with zero attached hydrogens (tertiary/aromatic N) is 2. The van der Waals surface area contributed by atoms with E-state index in [9.17, 15) is 0 Å². The Morgan fingerprint density at radius 1 is 0.696 bits per heavy atom. The average molecular weight is 296 g/mol. The van der Waals surface area contributed by atoms with Crippen molar-refractivity contribution in [3.05, 3.63) is 84.6 Å². The van der Waals surface area contributed by atoms with Gasteiger partial charge in [-0.1, -0.05) is 48.0 Å². The van der Waals surface area contributed by atoms with Crippen LogP contribution < -0.4 is 0 Å². The highest BCUT2D eigenvalue weighted by Gasteiger charge is 2.07. The van der Waals surface area contributed by atoms with Gasteiger partial charge < -0.3 is 0 Å². The first-order valence-corrected chi connectivity index (χ1v) is 7.69. The van der Waals surface area contributed by atoms with E-state index in [-0.39, 0.29) is 0 Å². The highest BCUT2D eigenvalue weighted by Crippen LogP contribution is 2.29. The van der Waals surface area contributed by atoms with Gasteiger partial charge in [0.05, 0.1) is 16.9 Å². The van der Waals surface area contributed by atoms with Gasteiger partial charge in [0.25, 0.3) is 0 Å². The van der Waals surface area contributed by atoms with E-state index in [4.69, 9.17) is 4.98 Å². The zero-order valence-corrected chi connectivity index (χ0v) is 12.9. The lowest BCUT2D eigenvalue weighted by molar-refractivity contribution is 1.28. The first-order valence-electron chi connectivity index (χ1n) is 7.69. The van der Waals surface area contributed by atoms with Crippen LogP contribution in [-0.4, -0.2) is 9.97 Å². The van der Waals surface area contributed by atoms with Crippen LogP contribution in [0.15, 0.2) is 79.0 Å². The summed E-state index contributed by atoms with van der Waals surface area (Å²) in [5.41, 5.74) is 6.49. The number of pyridine rings is 2. The van der Waals surface area contributed by atoms with Gasteiger partial charge in [-0.2, -0.15) is 0 Å². The molecule has 0 amide bonds. The second-order valence-corrected chi connectivity index (χ2v) is 5.65. The van der Waals surface area contributed by atoms with Crippen molar-refractivity contribution in [2.75, 3.05) is 0 Å². The number of aryl methyl sites for hydroxylation is 1. The van der Waals surface area contributed by atoms with Crippen molar-refractivity contribution in [3.63, 3.8) is 0 Å². The fraction of sp³-hybridized carbons (Fsp3) is 0.0476. The molecule has 0 aliphatic heterocycles. The van der Waals surface area contributed by atoms with Gasteiger partial charge in [-0.05, 0) is 48.4 Å². The molecule has 0 N–H and O–H groups in total. The quantitative estimate of drug-likeness (QED) is 0.503. The van der Waals surface area contributed by atoms with Crippen LogP contribution in [0.2, 0.25) is 0 Å². The summed E-state index contributed by atoms with van der Waals surface area (Å²) in [5, 5.41) is 1.16. The number of fused-ring (bicyclic) bond motifs is 1. The summed E-state index contributed by atoms with van der Waals surface area (Å²) in [4.78, 5) is 9.17. The Morgan fingerprint density at radius 3 is 2.35 bits per heavy atom. The molecule has 0 unspecified atom stereocenters. The fourth-order valence-corrected chi connectivity index (χ4v) is 2.80. The Balaban J connectivity index is 1.87. The molecule has 0 aliphatic carbocycles. The fourth-order valence-electron chi connectivity index (χ4n) is 2.80. The molecule has 2 heterocycles. The number of aromatic nitrogens is 2. The lowest BCUT2D eigenvalue weighted by Crippen LogP contribution is -1.89. The summed E-state index contributed by atoms with van der Waals surface area (Å²) in [6.45, 7) is 2.10. The van der Waals surface area contributed by atoms with Crippen LogP contribution >= 0.6 is 0 Å². The minimum absolute atomic E-state index is 0.898. The van der Waals surface area contributed by atoms with Gasteiger partial charge >= 0.3 is 0 Å². The Labute approximate surface area is 135 Å². The molecule has 23 heavy (non-hydrogen) atoms. The van der Waals surface area contributed by atoms with Gasteiger partial charge in [-0.15, -0.1) is 0 Å². The molecule has 0 saturated heterocycles. The number of benzene rings is 2. The molecular weight excluding hydrogens is 280 g/mol. The molecule has 0 aliphatic rings. The summed E-state index contributed by atoms with van der Waals surface area (Å²) >= 11 is 0. The van der Waals surface area contributed by atoms with Crippen LogP contribution in [0.1, 0.15) is 5.56 Å². The molecule has 0 radical (unpaired) electrons. The van der Waals surface area contributed by atoms with Crippen molar-refractivity contribution in [2.24, 2.45) is 0 Å². The van der Waals surface area contributed by atoms with Crippen molar-refractivity contribution in [1.29, 1.82) is 0 Å². The molecule has 0 saturated carbocycles. The standard InChI is InChI=1S/C21H16N2/c1-15-8-10-16(11-9-15)17-5-4-7-19-18(17)12-13-21(23-19)20-6-2-3-14-22-20/h2-14H,1H3. The van der Waals surface area contributed by atoms with Crippen LogP contribution in [0.5, 0.6) is 0 Å². The predicted octanol–water partition coefficient (Wildman–Crippen LogP) is 5.27. The molecular formula is C21H16N2. The third-order valence-electron chi connectivity index (χ3n) is 4.02. The lowest BCUT2D eigenvalue weighted by atomic mass is 9.99. The van der Waals surface area contributed by atoms with Crippen LogP contribution in [0.25, 0.3) is 33.4 Å². The second-order valence-electron chi connectivity index (χ2n) is 5.65. The maximum Gasteiger partial charge on any atom is 0.0893 e. The van der Waals surface area contributed by atoms with Crippen molar-refractivity contribution >= 4 is 10.9 Å². The van der Waals surface area contributed by atoms with E-state index < -0.39 is 0 Å². The zero-order valence-electron chi connectivity index (χ0n) is 12.9. The smallest absolute Gasteiger partial charge is 0.0893 e. The highest BCUT2D eigenvalue weighted by atomic mass is 14.8. The summed E-state index contributed by atoms with van der Waals surface area (Å²) in [5.74, 6) is 0. The second kappa shape index (κ2) is 5.65. The normalized spacial score (nSPS) is 10.8. The third-order valence-corrected chi connectivity index (χ3v) is 4.02. The minimum Gasteiger partial charge on any atom is -0.255 e. The maximum absolute atomic E-state index is 4.79. The van der Waals surface area contributed by atoms with Crippen molar-refractivity contribution in [2.45, 2.75) is 6.92 Å². The molecule has 0 bridgehead atoms. The molecule has 110 valence electrons. The molecule has 2 aromatic carbocycles. The molecule has 4 aromatic rings. The minimum atomic E-state index is 0.898. The highest BCUT2D eigenvalue weighted by molar-refractivity contribution is 5.95. The summed E-state index contributed by atoms with van der Waals surface area (Å²) in [7, 11) is 0. The Kier molecular flexibility index (Phi) is 3.35. The lowest BCUT2D eigenvalue weighted by Gasteiger charge is -2.08. The molecule has 0 spiro atoms. The Bertz CT molecular complexity index is 958. The van der Waals surface area contributed by atoms with Crippen LogP contribution in [0.3, 0.4) is 0 Å². The van der Waals surface area contributed by atoms with Crippen LogP contribution in [0, 0.1) is 6.92 Å². The molecule has 2 aromatic heterocycles. The van der Waals surface area contributed by atoms with Gasteiger partial charge in [-0.25, -0.2) is 4.98 Å². The first kappa shape index (κ1) is 13.6. The van der Waals surface area contributed by atoms with E-state index in [1.807, 2.05) is 24.3 Å². The van der Waals surface area contributed by atoms with E-state index in [1.54, 1.807) is 6.20 Å². The molecule has 2 nitrogen and oxygen atoms in total. The third kappa shape index (κ3) is 2.59. The maximum atomic E-state index is 4.79. The van der Waals surface area contributed by atoms with Gasteiger partial charge in [-0.3, -0.25) is 4.98 Å². The largest absolute Gasteiger partial charge is 0.255 e.